The molecular formula is C18H20N8O2. The highest BCUT2D eigenvalue weighted by atomic mass is 16.2. The summed E-state index contributed by atoms with van der Waals surface area (Å²) in [6.45, 7) is 5.23. The van der Waals surface area contributed by atoms with E-state index >= 15 is 0 Å². The first-order chi connectivity index (χ1) is 13.5. The first-order valence-electron chi connectivity index (χ1n) is 8.96. The molecule has 1 unspecified atom stereocenters. The average Bonchev–Trinajstić information content (AvgIpc) is 3.36. The molecule has 144 valence electrons. The molecule has 0 saturated carbocycles. The van der Waals surface area contributed by atoms with E-state index in [-0.39, 0.29) is 11.8 Å². The van der Waals surface area contributed by atoms with Gasteiger partial charge in [0, 0.05) is 19.6 Å². The van der Waals surface area contributed by atoms with Gasteiger partial charge in [-0.1, -0.05) is 29.8 Å². The Morgan fingerprint density at radius 2 is 2.18 bits per heavy atom. The van der Waals surface area contributed by atoms with Crippen LogP contribution in [0, 0.1) is 6.92 Å². The molecule has 1 aliphatic rings. The van der Waals surface area contributed by atoms with Gasteiger partial charge in [0.05, 0.1) is 6.20 Å². The lowest BCUT2D eigenvalue weighted by atomic mass is 10.1. The molecule has 1 N–H and O–H groups in total. The van der Waals surface area contributed by atoms with Crippen LogP contribution >= 0.6 is 0 Å². The smallest absolute Gasteiger partial charge is 0.260 e. The van der Waals surface area contributed by atoms with Gasteiger partial charge in [0.25, 0.3) is 5.91 Å². The number of nitrogens with one attached hydrogen (secondary N) is 1. The number of nitrogens with zero attached hydrogens (tertiary/aromatic N) is 7. The molecule has 10 heteroatoms. The van der Waals surface area contributed by atoms with Gasteiger partial charge in [-0.25, -0.2) is 0 Å². The van der Waals surface area contributed by atoms with E-state index in [4.69, 9.17) is 0 Å². The number of aromatic amines is 1. The van der Waals surface area contributed by atoms with Crippen molar-refractivity contribution in [2.75, 3.05) is 13.1 Å². The summed E-state index contributed by atoms with van der Waals surface area (Å²) < 4.78 is 1.33. The maximum Gasteiger partial charge on any atom is 0.260 e. The Labute approximate surface area is 161 Å². The molecule has 0 spiro atoms. The minimum atomic E-state index is -0.567. The van der Waals surface area contributed by atoms with Crippen LogP contribution in [0.15, 0.2) is 36.8 Å². The Bertz CT molecular complexity index is 997. The van der Waals surface area contributed by atoms with E-state index in [0.717, 1.165) is 11.1 Å². The third-order valence-corrected chi connectivity index (χ3v) is 4.89. The summed E-state index contributed by atoms with van der Waals surface area (Å²) in [5, 5.41) is 17.6. The number of amides is 2. The van der Waals surface area contributed by atoms with Crippen LogP contribution in [0.5, 0.6) is 0 Å². The summed E-state index contributed by atoms with van der Waals surface area (Å²) in [4.78, 5) is 29.3. The number of hydrogen-bond donors (Lipinski definition) is 1. The van der Waals surface area contributed by atoms with Crippen molar-refractivity contribution < 1.29 is 9.59 Å². The molecule has 2 amide bonds. The molecule has 0 bridgehead atoms. The zero-order chi connectivity index (χ0) is 19.7. The minimum Gasteiger partial charge on any atom is -0.335 e. The van der Waals surface area contributed by atoms with Crippen LogP contribution in [0.1, 0.15) is 28.4 Å². The topological polar surface area (TPSA) is 113 Å². The Morgan fingerprint density at radius 1 is 1.32 bits per heavy atom. The minimum absolute atomic E-state index is 0.0754. The Balaban J connectivity index is 1.50. The third-order valence-electron chi connectivity index (χ3n) is 4.89. The van der Waals surface area contributed by atoms with Gasteiger partial charge in [-0.3, -0.25) is 14.7 Å². The molecule has 0 radical (unpaired) electrons. The van der Waals surface area contributed by atoms with E-state index in [0.29, 0.717) is 31.0 Å². The highest BCUT2D eigenvalue weighted by Crippen LogP contribution is 2.20. The summed E-state index contributed by atoms with van der Waals surface area (Å²) in [5.74, 6) is 0.0146. The first kappa shape index (κ1) is 17.8. The number of rotatable bonds is 4. The number of H-pyrrole nitrogens is 1. The second-order valence-electron chi connectivity index (χ2n) is 6.81. The van der Waals surface area contributed by atoms with Gasteiger partial charge in [-0.05, 0) is 29.8 Å². The normalized spacial score (nSPS) is 17.2. The lowest BCUT2D eigenvalue weighted by molar-refractivity contribution is -0.140. The number of piperazine rings is 1. The highest BCUT2D eigenvalue weighted by Gasteiger charge is 2.36. The van der Waals surface area contributed by atoms with Crippen LogP contribution in [0.2, 0.25) is 0 Å². The summed E-state index contributed by atoms with van der Waals surface area (Å²) in [6.07, 6.45) is 2.80. The monoisotopic (exact) mass is 380 g/mol. The fraction of sp³-hybridized carbons (Fsp3) is 0.333. The Morgan fingerprint density at radius 3 is 2.93 bits per heavy atom. The summed E-state index contributed by atoms with van der Waals surface area (Å²) >= 11 is 0. The molecule has 1 atom stereocenters. The molecule has 28 heavy (non-hydrogen) atoms. The van der Waals surface area contributed by atoms with E-state index in [1.54, 1.807) is 16.7 Å². The highest BCUT2D eigenvalue weighted by molar-refractivity contribution is 6.00. The van der Waals surface area contributed by atoms with E-state index in [2.05, 4.69) is 31.8 Å². The molecule has 2 aromatic heterocycles. The van der Waals surface area contributed by atoms with Gasteiger partial charge in [-0.15, -0.1) is 5.10 Å². The molecule has 1 aliphatic heterocycles. The Kier molecular flexibility index (Phi) is 4.60. The zero-order valence-electron chi connectivity index (χ0n) is 15.6. The van der Waals surface area contributed by atoms with Crippen LogP contribution in [-0.4, -0.2) is 71.2 Å². The molecule has 1 aromatic carbocycles. The van der Waals surface area contributed by atoms with E-state index < -0.39 is 6.04 Å². The predicted molar refractivity (Wildman–Crippen MR) is 98.4 cm³/mol. The van der Waals surface area contributed by atoms with Crippen molar-refractivity contribution in [2.24, 2.45) is 0 Å². The number of hydrogen-bond acceptors (Lipinski definition) is 6. The van der Waals surface area contributed by atoms with Crippen LogP contribution < -0.4 is 0 Å². The van der Waals surface area contributed by atoms with Gasteiger partial charge >= 0.3 is 0 Å². The van der Waals surface area contributed by atoms with Gasteiger partial charge in [0.15, 0.2) is 5.82 Å². The average molecular weight is 380 g/mol. The molecule has 4 rings (SSSR count). The largest absolute Gasteiger partial charge is 0.335 e. The molecule has 3 aromatic rings. The molecule has 1 fully saturated rings. The molecule has 3 heterocycles. The van der Waals surface area contributed by atoms with Crippen LogP contribution in [0.4, 0.5) is 0 Å². The summed E-state index contributed by atoms with van der Waals surface area (Å²) in [6, 6.07) is 7.52. The van der Waals surface area contributed by atoms with E-state index in [9.17, 15) is 9.59 Å². The number of aryl methyl sites for hydroxylation is 1. The van der Waals surface area contributed by atoms with E-state index in [1.807, 2.05) is 25.1 Å². The van der Waals surface area contributed by atoms with Crippen molar-refractivity contribution in [1.82, 2.24) is 40.2 Å². The fourth-order valence-electron chi connectivity index (χ4n) is 3.42. The number of carbonyl (C=O) groups is 2. The van der Waals surface area contributed by atoms with Crippen molar-refractivity contribution in [2.45, 2.75) is 26.4 Å². The number of benzene rings is 1. The second kappa shape index (κ2) is 7.22. The van der Waals surface area contributed by atoms with Crippen molar-refractivity contribution in [3.8, 4) is 5.82 Å². The summed E-state index contributed by atoms with van der Waals surface area (Å²) in [5.41, 5.74) is 2.55. The maximum absolute atomic E-state index is 13.1. The lowest BCUT2D eigenvalue weighted by Gasteiger charge is -2.39. The lowest BCUT2D eigenvalue weighted by Crippen LogP contribution is -2.57. The van der Waals surface area contributed by atoms with Crippen molar-refractivity contribution in [3.05, 3.63) is 53.5 Å². The SMILES string of the molecule is Cc1cccc(CN2CCN(C(=O)c3cn[nH]c3-n3cnnn3)C(C)C2=O)c1. The predicted octanol–water partition coefficient (Wildman–Crippen LogP) is 0.567. The zero-order valence-corrected chi connectivity index (χ0v) is 15.6. The molecule has 1 saturated heterocycles. The Hall–Kier alpha value is -3.56. The van der Waals surface area contributed by atoms with Crippen LogP contribution in [0.25, 0.3) is 5.82 Å². The molecule has 10 nitrogen and oxygen atoms in total. The number of tetrazole rings is 1. The number of aromatic nitrogens is 6. The van der Waals surface area contributed by atoms with Gasteiger partial charge in [0.2, 0.25) is 5.91 Å². The van der Waals surface area contributed by atoms with Crippen LogP contribution in [0.3, 0.4) is 0 Å². The maximum atomic E-state index is 13.1. The van der Waals surface area contributed by atoms with E-state index in [1.165, 1.54) is 17.2 Å². The fourth-order valence-corrected chi connectivity index (χ4v) is 3.42. The van der Waals surface area contributed by atoms with Crippen molar-refractivity contribution in [1.29, 1.82) is 0 Å². The van der Waals surface area contributed by atoms with Gasteiger partial charge in [0.1, 0.15) is 17.9 Å². The van der Waals surface area contributed by atoms with Crippen molar-refractivity contribution in [3.63, 3.8) is 0 Å². The van der Waals surface area contributed by atoms with Gasteiger partial charge < -0.3 is 9.80 Å². The van der Waals surface area contributed by atoms with Crippen molar-refractivity contribution >= 4 is 11.8 Å². The first-order valence-corrected chi connectivity index (χ1v) is 8.96. The quantitative estimate of drug-likeness (QED) is 0.708. The molecular weight excluding hydrogens is 360 g/mol. The third kappa shape index (κ3) is 3.24. The summed E-state index contributed by atoms with van der Waals surface area (Å²) in [7, 11) is 0. The standard InChI is InChI=1S/C18H20N8O2/c1-12-4-3-5-14(8-12)10-24-6-7-25(13(2)17(24)27)18(28)15-9-19-21-16(15)26-11-20-22-23-26/h3-5,8-9,11,13H,6-7,10H2,1-2H3,(H,19,21). The molecule has 0 aliphatic carbocycles. The van der Waals surface area contributed by atoms with Gasteiger partial charge in [-0.2, -0.15) is 9.78 Å². The number of carbonyl (C=O) groups excluding carboxylic acids is 2. The van der Waals surface area contributed by atoms with Crippen LogP contribution in [-0.2, 0) is 11.3 Å². The second-order valence-corrected chi connectivity index (χ2v) is 6.81.